The van der Waals surface area contributed by atoms with Crippen LogP contribution in [0.4, 0.5) is 5.69 Å². The fourth-order valence-electron chi connectivity index (χ4n) is 3.40. The van der Waals surface area contributed by atoms with Crippen molar-refractivity contribution < 1.29 is 13.2 Å². The number of hydrogen-bond acceptors (Lipinski definition) is 5. The Hall–Kier alpha value is -3.07. The summed E-state index contributed by atoms with van der Waals surface area (Å²) < 4.78 is 28.6. The Balaban J connectivity index is 1.49. The number of fused-ring (bicyclic) bond motifs is 1. The van der Waals surface area contributed by atoms with Crippen molar-refractivity contribution >= 4 is 43.2 Å². The fourth-order valence-corrected chi connectivity index (χ4v) is 5.71. The number of nitrogens with one attached hydrogen (secondary N) is 1. The molecular weight excluding hydrogens is 442 g/mol. The summed E-state index contributed by atoms with van der Waals surface area (Å²) in [4.78, 5) is 17.2. The molecule has 8 heteroatoms. The molecule has 0 aliphatic rings. The van der Waals surface area contributed by atoms with Gasteiger partial charge >= 0.3 is 0 Å². The minimum absolute atomic E-state index is 0.161. The minimum atomic E-state index is -3.68. The molecule has 1 aromatic heterocycles. The van der Waals surface area contributed by atoms with Crippen LogP contribution in [0.1, 0.15) is 27.9 Å². The first kappa shape index (κ1) is 22.1. The number of anilines is 1. The van der Waals surface area contributed by atoms with Crippen molar-refractivity contribution in [2.24, 2.45) is 0 Å². The summed E-state index contributed by atoms with van der Waals surface area (Å²) in [5, 5.41) is 3.83. The van der Waals surface area contributed by atoms with Crippen molar-refractivity contribution in [1.82, 2.24) is 9.29 Å². The number of sulfonamides is 1. The third-order valence-electron chi connectivity index (χ3n) is 5.06. The van der Waals surface area contributed by atoms with Gasteiger partial charge in [-0.2, -0.15) is 4.31 Å². The lowest BCUT2D eigenvalue weighted by atomic mass is 10.2. The Kier molecular flexibility index (Phi) is 6.36. The summed E-state index contributed by atoms with van der Waals surface area (Å²) >= 11 is 1.57. The van der Waals surface area contributed by atoms with E-state index in [9.17, 15) is 13.2 Å². The highest BCUT2D eigenvalue weighted by atomic mass is 32.2. The molecule has 1 amide bonds. The van der Waals surface area contributed by atoms with Crippen molar-refractivity contribution in [3.05, 3.63) is 88.9 Å². The molecule has 164 valence electrons. The number of amides is 1. The van der Waals surface area contributed by atoms with E-state index >= 15 is 0 Å². The van der Waals surface area contributed by atoms with Crippen LogP contribution >= 0.6 is 11.3 Å². The van der Waals surface area contributed by atoms with Gasteiger partial charge in [0.1, 0.15) is 0 Å². The van der Waals surface area contributed by atoms with Crippen LogP contribution in [0, 0.1) is 6.92 Å². The first-order valence-electron chi connectivity index (χ1n) is 10.2. The van der Waals surface area contributed by atoms with Crippen LogP contribution in [0.15, 0.2) is 77.7 Å². The maximum absolute atomic E-state index is 13.1. The number of benzene rings is 3. The van der Waals surface area contributed by atoms with Gasteiger partial charge in [0, 0.05) is 24.3 Å². The Morgan fingerprint density at radius 3 is 2.44 bits per heavy atom. The molecule has 0 aliphatic heterocycles. The zero-order valence-corrected chi connectivity index (χ0v) is 19.4. The highest BCUT2D eigenvalue weighted by molar-refractivity contribution is 7.89. The molecule has 0 unspecified atom stereocenters. The first-order valence-corrected chi connectivity index (χ1v) is 12.4. The van der Waals surface area contributed by atoms with Gasteiger partial charge in [0.25, 0.3) is 5.91 Å². The van der Waals surface area contributed by atoms with Crippen LogP contribution in [-0.2, 0) is 16.6 Å². The molecule has 0 saturated heterocycles. The second kappa shape index (κ2) is 9.20. The van der Waals surface area contributed by atoms with E-state index in [-0.39, 0.29) is 10.8 Å². The van der Waals surface area contributed by atoms with Crippen LogP contribution in [0.2, 0.25) is 0 Å². The van der Waals surface area contributed by atoms with Gasteiger partial charge in [-0.25, -0.2) is 13.4 Å². The molecule has 0 aliphatic carbocycles. The molecule has 0 atom stereocenters. The second-order valence-corrected chi connectivity index (χ2v) is 10.5. The van der Waals surface area contributed by atoms with Gasteiger partial charge in [-0.3, -0.25) is 4.79 Å². The van der Waals surface area contributed by atoms with Gasteiger partial charge in [0.05, 0.1) is 20.1 Å². The van der Waals surface area contributed by atoms with E-state index in [1.807, 2.05) is 56.3 Å². The Morgan fingerprint density at radius 1 is 1.03 bits per heavy atom. The summed E-state index contributed by atoms with van der Waals surface area (Å²) in [6.07, 6.45) is 0. The van der Waals surface area contributed by atoms with Crippen molar-refractivity contribution in [1.29, 1.82) is 0 Å². The highest BCUT2D eigenvalue weighted by Crippen LogP contribution is 2.25. The molecule has 0 spiro atoms. The predicted molar refractivity (Wildman–Crippen MR) is 128 cm³/mol. The molecule has 0 radical (unpaired) electrons. The van der Waals surface area contributed by atoms with Gasteiger partial charge in [-0.1, -0.05) is 37.3 Å². The van der Waals surface area contributed by atoms with Gasteiger partial charge < -0.3 is 5.32 Å². The largest absolute Gasteiger partial charge is 0.322 e. The van der Waals surface area contributed by atoms with Crippen LogP contribution in [-0.4, -0.2) is 30.2 Å². The number of aryl methyl sites for hydroxylation is 1. The minimum Gasteiger partial charge on any atom is -0.322 e. The summed E-state index contributed by atoms with van der Waals surface area (Å²) in [7, 11) is -3.68. The van der Waals surface area contributed by atoms with E-state index in [0.717, 1.165) is 20.8 Å². The second-order valence-electron chi connectivity index (χ2n) is 7.31. The number of rotatable bonds is 7. The van der Waals surface area contributed by atoms with Gasteiger partial charge in [0.15, 0.2) is 0 Å². The lowest BCUT2D eigenvalue weighted by Gasteiger charge is -2.20. The Labute approximate surface area is 191 Å². The summed E-state index contributed by atoms with van der Waals surface area (Å²) in [6, 6.07) is 21.1. The third kappa shape index (κ3) is 4.72. The van der Waals surface area contributed by atoms with Crippen molar-refractivity contribution in [2.75, 3.05) is 11.9 Å². The van der Waals surface area contributed by atoms with E-state index in [1.165, 1.54) is 28.6 Å². The molecule has 4 rings (SSSR count). The van der Waals surface area contributed by atoms with Crippen molar-refractivity contribution in [3.63, 3.8) is 0 Å². The molecule has 6 nitrogen and oxygen atoms in total. The average molecular weight is 466 g/mol. The average Bonchev–Trinajstić information content (AvgIpc) is 3.17. The van der Waals surface area contributed by atoms with E-state index in [4.69, 9.17) is 0 Å². The number of hydrogen-bond donors (Lipinski definition) is 1. The van der Waals surface area contributed by atoms with Crippen LogP contribution in [0.3, 0.4) is 0 Å². The normalized spacial score (nSPS) is 11.7. The maximum Gasteiger partial charge on any atom is 0.255 e. The Morgan fingerprint density at radius 2 is 1.75 bits per heavy atom. The number of thiazole rings is 1. The van der Waals surface area contributed by atoms with Crippen LogP contribution < -0.4 is 5.32 Å². The third-order valence-corrected chi connectivity index (χ3v) is 7.93. The number of carbonyl (C=O) groups is 1. The quantitative estimate of drug-likeness (QED) is 0.413. The van der Waals surface area contributed by atoms with E-state index < -0.39 is 10.0 Å². The zero-order valence-electron chi connectivity index (χ0n) is 17.8. The van der Waals surface area contributed by atoms with E-state index in [1.54, 1.807) is 17.4 Å². The monoisotopic (exact) mass is 465 g/mol. The molecule has 0 bridgehead atoms. The van der Waals surface area contributed by atoms with Gasteiger partial charge in [-0.15, -0.1) is 11.3 Å². The van der Waals surface area contributed by atoms with E-state index in [0.29, 0.717) is 24.3 Å². The maximum atomic E-state index is 13.1. The van der Waals surface area contributed by atoms with Crippen LogP contribution in [0.25, 0.3) is 10.2 Å². The summed E-state index contributed by atoms with van der Waals surface area (Å²) in [6.45, 7) is 4.39. The molecular formula is C24H23N3O3S2. The van der Waals surface area contributed by atoms with Crippen molar-refractivity contribution in [2.45, 2.75) is 25.3 Å². The van der Waals surface area contributed by atoms with Crippen molar-refractivity contribution in [3.8, 4) is 0 Å². The number of nitrogens with zero attached hydrogens (tertiary/aromatic N) is 2. The molecule has 4 aromatic rings. The smallest absolute Gasteiger partial charge is 0.255 e. The standard InChI is InChI=1S/C24H23N3O3S2/c1-3-27(16-18-7-5-4-6-8-18)32(29,30)21-12-9-19(10-13-21)24(28)26-20-11-14-22-23(15-20)31-17(2)25-22/h4-15H,3,16H2,1-2H3,(H,26,28). The molecule has 0 saturated carbocycles. The topological polar surface area (TPSA) is 79.4 Å². The molecule has 1 heterocycles. The number of carbonyl (C=O) groups excluding carboxylic acids is 1. The lowest BCUT2D eigenvalue weighted by molar-refractivity contribution is 0.102. The molecule has 3 aromatic carbocycles. The van der Waals surface area contributed by atoms with Crippen LogP contribution in [0.5, 0.6) is 0 Å². The SMILES string of the molecule is CCN(Cc1ccccc1)S(=O)(=O)c1ccc(C(=O)Nc2ccc3nc(C)sc3c2)cc1. The lowest BCUT2D eigenvalue weighted by Crippen LogP contribution is -2.30. The zero-order chi connectivity index (χ0) is 22.7. The molecule has 32 heavy (non-hydrogen) atoms. The predicted octanol–water partition coefficient (Wildman–Crippen LogP) is 5.07. The molecule has 0 fully saturated rings. The first-order chi connectivity index (χ1) is 15.4. The summed E-state index contributed by atoms with van der Waals surface area (Å²) in [5.41, 5.74) is 2.87. The summed E-state index contributed by atoms with van der Waals surface area (Å²) in [5.74, 6) is -0.300. The fraction of sp³-hybridized carbons (Fsp3) is 0.167. The highest BCUT2D eigenvalue weighted by Gasteiger charge is 2.23. The molecule has 1 N–H and O–H groups in total. The van der Waals surface area contributed by atoms with E-state index in [2.05, 4.69) is 10.3 Å². The van der Waals surface area contributed by atoms with Gasteiger partial charge in [0.2, 0.25) is 10.0 Å². The Bertz CT molecular complexity index is 1350. The number of aromatic nitrogens is 1. The van der Waals surface area contributed by atoms with Gasteiger partial charge in [-0.05, 0) is 55.0 Å².